The highest BCUT2D eigenvalue weighted by Crippen LogP contribution is 2.32. The Balaban J connectivity index is 1.66. The number of thiocarbonyl (C=S) groups is 1. The molecule has 25 heavy (non-hydrogen) atoms. The normalized spacial score (nSPS) is 14.2. The lowest BCUT2D eigenvalue weighted by Gasteiger charge is -2.28. The molecule has 1 heterocycles. The van der Waals surface area contributed by atoms with Crippen molar-refractivity contribution in [1.82, 2.24) is 0 Å². The lowest BCUT2D eigenvalue weighted by Crippen LogP contribution is -2.27. The predicted octanol–water partition coefficient (Wildman–Crippen LogP) is 4.59. The van der Waals surface area contributed by atoms with Crippen LogP contribution in [0.25, 0.3) is 6.08 Å². The van der Waals surface area contributed by atoms with Gasteiger partial charge in [0.25, 0.3) is 5.69 Å². The second kappa shape index (κ2) is 6.52. The molecule has 2 N–H and O–H groups in total. The molecule has 0 saturated heterocycles. The first-order valence-corrected chi connectivity index (χ1v) is 8.08. The van der Waals surface area contributed by atoms with Crippen LogP contribution in [-0.4, -0.2) is 15.6 Å². The zero-order chi connectivity index (χ0) is 18.0. The fourth-order valence-corrected chi connectivity index (χ4v) is 2.65. The molecule has 0 unspecified atom stereocenters. The van der Waals surface area contributed by atoms with E-state index in [2.05, 4.69) is 10.6 Å². The largest absolute Gasteiger partial charge is 0.483 e. The third kappa shape index (κ3) is 4.13. The van der Waals surface area contributed by atoms with Gasteiger partial charge in [0.15, 0.2) is 5.11 Å². The van der Waals surface area contributed by atoms with Crippen LogP contribution in [0.1, 0.15) is 19.4 Å². The Morgan fingerprint density at radius 3 is 2.44 bits per heavy atom. The molecule has 1 aliphatic heterocycles. The Morgan fingerprint density at radius 2 is 1.76 bits per heavy atom. The summed E-state index contributed by atoms with van der Waals surface area (Å²) < 4.78 is 5.89. The van der Waals surface area contributed by atoms with Crippen LogP contribution in [0, 0.1) is 10.1 Å². The van der Waals surface area contributed by atoms with E-state index in [0.29, 0.717) is 10.8 Å². The minimum absolute atomic E-state index is 0.0360. The van der Waals surface area contributed by atoms with Crippen molar-refractivity contribution in [2.24, 2.45) is 0 Å². The molecule has 0 amide bonds. The second-order valence-electron chi connectivity index (χ2n) is 6.17. The molecular weight excluding hydrogens is 338 g/mol. The number of hydrogen-bond acceptors (Lipinski definition) is 4. The van der Waals surface area contributed by atoms with Crippen molar-refractivity contribution in [3.8, 4) is 5.75 Å². The topological polar surface area (TPSA) is 76.4 Å². The van der Waals surface area contributed by atoms with Gasteiger partial charge in [-0.05, 0) is 62.5 Å². The zero-order valence-corrected chi connectivity index (χ0v) is 14.6. The van der Waals surface area contributed by atoms with E-state index in [1.807, 2.05) is 44.2 Å². The Morgan fingerprint density at radius 1 is 1.12 bits per heavy atom. The molecule has 0 aliphatic carbocycles. The molecular formula is C18H17N3O3S. The summed E-state index contributed by atoms with van der Waals surface area (Å²) in [4.78, 5) is 10.2. The van der Waals surface area contributed by atoms with E-state index in [4.69, 9.17) is 17.0 Å². The van der Waals surface area contributed by atoms with Gasteiger partial charge in [-0.25, -0.2) is 0 Å². The summed E-state index contributed by atoms with van der Waals surface area (Å²) in [6.45, 7) is 4.00. The van der Waals surface area contributed by atoms with E-state index >= 15 is 0 Å². The van der Waals surface area contributed by atoms with Crippen LogP contribution in [0.15, 0.2) is 48.5 Å². The van der Waals surface area contributed by atoms with Crippen molar-refractivity contribution in [3.05, 3.63) is 64.2 Å². The van der Waals surface area contributed by atoms with Crippen LogP contribution in [0.5, 0.6) is 5.75 Å². The van der Waals surface area contributed by atoms with Gasteiger partial charge in [0.1, 0.15) is 11.4 Å². The third-order valence-corrected chi connectivity index (χ3v) is 3.85. The van der Waals surface area contributed by atoms with Crippen molar-refractivity contribution in [3.63, 3.8) is 0 Å². The Kier molecular flexibility index (Phi) is 4.41. The third-order valence-electron chi connectivity index (χ3n) is 3.64. The Bertz CT molecular complexity index is 860. The molecule has 0 spiro atoms. The molecule has 0 aromatic heterocycles. The molecule has 3 rings (SSSR count). The lowest BCUT2D eigenvalue weighted by atomic mass is 10.0. The smallest absolute Gasteiger partial charge is 0.269 e. The lowest BCUT2D eigenvalue weighted by molar-refractivity contribution is -0.384. The average Bonchev–Trinajstić information content (AvgIpc) is 2.55. The maximum absolute atomic E-state index is 10.7. The average molecular weight is 355 g/mol. The summed E-state index contributed by atoms with van der Waals surface area (Å²) in [5, 5.41) is 17.2. The Hall–Kier alpha value is -2.93. The number of nitrogens with one attached hydrogen (secondary N) is 2. The standard InChI is InChI=1S/C18H17N3O3S/c1-18(2)10-9-12-11-14(5-8-16(12)24-18)20-17(25)19-13-3-6-15(7-4-13)21(22)23/h3-11H,1-2H3,(H2,19,20,25). The summed E-state index contributed by atoms with van der Waals surface area (Å²) in [7, 11) is 0. The van der Waals surface area contributed by atoms with Gasteiger partial charge in [0, 0.05) is 29.1 Å². The number of anilines is 2. The van der Waals surface area contributed by atoms with Gasteiger partial charge in [-0.3, -0.25) is 10.1 Å². The van der Waals surface area contributed by atoms with E-state index in [1.54, 1.807) is 12.1 Å². The molecule has 7 heteroatoms. The number of nitro groups is 1. The molecule has 0 saturated carbocycles. The summed E-state index contributed by atoms with van der Waals surface area (Å²) in [6, 6.07) is 11.8. The van der Waals surface area contributed by atoms with Crippen LogP contribution < -0.4 is 15.4 Å². The SMILES string of the molecule is CC1(C)C=Cc2cc(NC(=S)Nc3ccc([N+](=O)[O-])cc3)ccc2O1. The van der Waals surface area contributed by atoms with Gasteiger partial charge in [0.2, 0.25) is 0 Å². The number of nitrogens with zero attached hydrogens (tertiary/aromatic N) is 1. The summed E-state index contributed by atoms with van der Waals surface area (Å²) >= 11 is 5.29. The van der Waals surface area contributed by atoms with Crippen molar-refractivity contribution in [2.45, 2.75) is 19.4 Å². The fraction of sp³-hybridized carbons (Fsp3) is 0.167. The molecule has 0 atom stereocenters. The highest BCUT2D eigenvalue weighted by atomic mass is 32.1. The van der Waals surface area contributed by atoms with Crippen LogP contribution in [0.4, 0.5) is 17.1 Å². The summed E-state index contributed by atoms with van der Waals surface area (Å²) in [6.07, 6.45) is 4.03. The quantitative estimate of drug-likeness (QED) is 0.476. The Labute approximate surface area is 150 Å². The van der Waals surface area contributed by atoms with Crippen molar-refractivity contribution in [1.29, 1.82) is 0 Å². The number of ether oxygens (including phenoxy) is 1. The number of nitro benzene ring substituents is 1. The van der Waals surface area contributed by atoms with E-state index in [1.165, 1.54) is 12.1 Å². The fourth-order valence-electron chi connectivity index (χ4n) is 2.42. The predicted molar refractivity (Wildman–Crippen MR) is 103 cm³/mol. The highest BCUT2D eigenvalue weighted by molar-refractivity contribution is 7.80. The molecule has 0 fully saturated rings. The first-order valence-electron chi connectivity index (χ1n) is 7.67. The molecule has 2 aromatic rings. The minimum atomic E-state index is -0.440. The van der Waals surface area contributed by atoms with Gasteiger partial charge in [0.05, 0.1) is 4.92 Å². The first kappa shape index (κ1) is 16.9. The number of hydrogen-bond donors (Lipinski definition) is 2. The number of non-ortho nitro benzene ring substituents is 1. The molecule has 0 bridgehead atoms. The van der Waals surface area contributed by atoms with Crippen LogP contribution in [0.2, 0.25) is 0 Å². The van der Waals surface area contributed by atoms with E-state index in [-0.39, 0.29) is 11.3 Å². The maximum atomic E-state index is 10.7. The number of fused-ring (bicyclic) bond motifs is 1. The highest BCUT2D eigenvalue weighted by Gasteiger charge is 2.21. The zero-order valence-electron chi connectivity index (χ0n) is 13.8. The van der Waals surface area contributed by atoms with Gasteiger partial charge in [-0.1, -0.05) is 6.08 Å². The molecule has 0 radical (unpaired) electrons. The second-order valence-corrected chi connectivity index (χ2v) is 6.58. The van der Waals surface area contributed by atoms with Crippen molar-refractivity contribution < 1.29 is 9.66 Å². The summed E-state index contributed by atoms with van der Waals surface area (Å²) in [5.41, 5.74) is 2.20. The van der Waals surface area contributed by atoms with Crippen LogP contribution in [-0.2, 0) is 0 Å². The number of benzene rings is 2. The van der Waals surface area contributed by atoms with Crippen molar-refractivity contribution in [2.75, 3.05) is 10.6 Å². The first-order chi connectivity index (χ1) is 11.8. The number of rotatable bonds is 3. The van der Waals surface area contributed by atoms with E-state index in [0.717, 1.165) is 17.0 Å². The van der Waals surface area contributed by atoms with Gasteiger partial charge in [-0.2, -0.15) is 0 Å². The van der Waals surface area contributed by atoms with Gasteiger partial charge < -0.3 is 15.4 Å². The molecule has 6 nitrogen and oxygen atoms in total. The molecule has 2 aromatic carbocycles. The van der Waals surface area contributed by atoms with E-state index in [9.17, 15) is 10.1 Å². The van der Waals surface area contributed by atoms with Gasteiger partial charge in [-0.15, -0.1) is 0 Å². The molecule has 1 aliphatic rings. The molecule has 128 valence electrons. The minimum Gasteiger partial charge on any atom is -0.483 e. The maximum Gasteiger partial charge on any atom is 0.269 e. The van der Waals surface area contributed by atoms with Crippen molar-refractivity contribution >= 4 is 40.5 Å². The van der Waals surface area contributed by atoms with Gasteiger partial charge >= 0.3 is 0 Å². The van der Waals surface area contributed by atoms with E-state index < -0.39 is 4.92 Å². The van der Waals surface area contributed by atoms with Crippen LogP contribution in [0.3, 0.4) is 0 Å². The van der Waals surface area contributed by atoms with Crippen LogP contribution >= 0.6 is 12.2 Å². The summed E-state index contributed by atoms with van der Waals surface area (Å²) in [5.74, 6) is 0.826. The monoisotopic (exact) mass is 355 g/mol.